The van der Waals surface area contributed by atoms with Gasteiger partial charge in [-0.1, -0.05) is 12.1 Å². The summed E-state index contributed by atoms with van der Waals surface area (Å²) in [4.78, 5) is 10.9. The number of esters is 1. The Balaban J connectivity index is 3.16. The number of carbonyl (C=O) groups excluding carboxylic acids is 1. The first kappa shape index (κ1) is 11.6. The van der Waals surface area contributed by atoms with Crippen LogP contribution in [0.4, 0.5) is 8.78 Å². The van der Waals surface area contributed by atoms with Crippen LogP contribution >= 0.6 is 0 Å². The van der Waals surface area contributed by atoms with E-state index in [1.165, 1.54) is 12.1 Å². The number of benzene rings is 1. The molecule has 1 aromatic carbocycles. The number of hydrogen-bond donors (Lipinski definition) is 0. The van der Waals surface area contributed by atoms with Crippen LogP contribution in [0.15, 0.2) is 18.2 Å². The van der Waals surface area contributed by atoms with Crippen molar-refractivity contribution < 1.29 is 18.3 Å². The van der Waals surface area contributed by atoms with Gasteiger partial charge in [-0.3, -0.25) is 0 Å². The number of aryl methyl sites for hydroxylation is 2. The summed E-state index contributed by atoms with van der Waals surface area (Å²) >= 11 is 0. The average molecular weight is 214 g/mol. The van der Waals surface area contributed by atoms with E-state index in [1.807, 2.05) is 6.92 Å². The summed E-state index contributed by atoms with van der Waals surface area (Å²) in [5.74, 6) is -5.11. The number of rotatable bonds is 2. The van der Waals surface area contributed by atoms with Gasteiger partial charge in [-0.05, 0) is 31.0 Å². The molecule has 1 aromatic rings. The third kappa shape index (κ3) is 2.14. The molecule has 0 heterocycles. The largest absolute Gasteiger partial charge is 0.464 e. The maximum Gasteiger partial charge on any atom is 0.381 e. The minimum Gasteiger partial charge on any atom is -0.464 e. The molecular weight excluding hydrogens is 202 g/mol. The first-order valence-electron chi connectivity index (χ1n) is 4.43. The van der Waals surface area contributed by atoms with Gasteiger partial charge in [0.15, 0.2) is 0 Å². The highest BCUT2D eigenvalue weighted by Crippen LogP contribution is 2.30. The minimum atomic E-state index is -3.58. The topological polar surface area (TPSA) is 26.3 Å². The van der Waals surface area contributed by atoms with E-state index in [4.69, 9.17) is 0 Å². The van der Waals surface area contributed by atoms with Crippen molar-refractivity contribution >= 4 is 5.97 Å². The van der Waals surface area contributed by atoms with E-state index >= 15 is 0 Å². The molecule has 0 unspecified atom stereocenters. The van der Waals surface area contributed by atoms with Crippen molar-refractivity contribution in [3.63, 3.8) is 0 Å². The summed E-state index contributed by atoms with van der Waals surface area (Å²) in [5.41, 5.74) is 1.29. The van der Waals surface area contributed by atoms with Crippen LogP contribution in [-0.4, -0.2) is 13.1 Å². The molecule has 15 heavy (non-hydrogen) atoms. The molecule has 0 spiro atoms. The van der Waals surface area contributed by atoms with Crippen molar-refractivity contribution in [1.82, 2.24) is 0 Å². The lowest BCUT2D eigenvalue weighted by atomic mass is 10.0. The van der Waals surface area contributed by atoms with Gasteiger partial charge in [-0.15, -0.1) is 0 Å². The van der Waals surface area contributed by atoms with E-state index < -0.39 is 11.9 Å². The van der Waals surface area contributed by atoms with Gasteiger partial charge in [-0.2, -0.15) is 8.78 Å². The molecule has 0 saturated heterocycles. The number of carbonyl (C=O) groups is 1. The molecular formula is C11H12F2O2. The number of ether oxygens (including phenoxy) is 1. The number of halogens is 2. The van der Waals surface area contributed by atoms with Gasteiger partial charge in [0.2, 0.25) is 0 Å². The van der Waals surface area contributed by atoms with Crippen LogP contribution in [0.25, 0.3) is 0 Å². The van der Waals surface area contributed by atoms with Crippen LogP contribution in [-0.2, 0) is 15.5 Å². The first-order chi connectivity index (χ1) is 6.89. The molecule has 82 valence electrons. The Hall–Kier alpha value is -1.45. The fourth-order valence-electron chi connectivity index (χ4n) is 1.18. The van der Waals surface area contributed by atoms with Crippen molar-refractivity contribution in [2.75, 3.05) is 7.11 Å². The van der Waals surface area contributed by atoms with Gasteiger partial charge in [0.1, 0.15) is 0 Å². The third-order valence-corrected chi connectivity index (χ3v) is 2.31. The van der Waals surface area contributed by atoms with E-state index in [0.717, 1.165) is 18.2 Å². The quantitative estimate of drug-likeness (QED) is 0.707. The zero-order valence-corrected chi connectivity index (χ0v) is 8.80. The van der Waals surface area contributed by atoms with Crippen molar-refractivity contribution in [3.05, 3.63) is 34.9 Å². The van der Waals surface area contributed by atoms with Crippen LogP contribution in [0, 0.1) is 13.8 Å². The predicted molar refractivity (Wildman–Crippen MR) is 51.8 cm³/mol. The maximum absolute atomic E-state index is 13.4. The van der Waals surface area contributed by atoms with Crippen molar-refractivity contribution in [2.24, 2.45) is 0 Å². The highest BCUT2D eigenvalue weighted by molar-refractivity contribution is 5.79. The summed E-state index contributed by atoms with van der Waals surface area (Å²) in [6.07, 6.45) is 0. The van der Waals surface area contributed by atoms with Gasteiger partial charge in [0, 0.05) is 5.56 Å². The number of methoxy groups -OCH3 is 1. The Morgan fingerprint density at radius 3 is 2.33 bits per heavy atom. The maximum atomic E-state index is 13.4. The second-order valence-corrected chi connectivity index (χ2v) is 3.37. The van der Waals surface area contributed by atoms with E-state index in [2.05, 4.69) is 4.74 Å². The second kappa shape index (κ2) is 3.96. The molecule has 4 heteroatoms. The molecule has 0 saturated carbocycles. The number of alkyl halides is 2. The Labute approximate surface area is 86.9 Å². The van der Waals surface area contributed by atoms with Gasteiger partial charge in [0.25, 0.3) is 0 Å². The smallest absolute Gasteiger partial charge is 0.381 e. The molecule has 0 aliphatic carbocycles. The lowest BCUT2D eigenvalue weighted by Gasteiger charge is -2.14. The Bertz CT molecular complexity index is 386. The summed E-state index contributed by atoms with van der Waals surface area (Å²) in [6.45, 7) is 3.53. The monoisotopic (exact) mass is 214 g/mol. The zero-order chi connectivity index (χ0) is 11.6. The van der Waals surface area contributed by atoms with E-state index in [1.54, 1.807) is 13.0 Å². The van der Waals surface area contributed by atoms with Crippen LogP contribution in [0.5, 0.6) is 0 Å². The molecule has 0 N–H and O–H groups in total. The molecule has 0 aromatic heterocycles. The van der Waals surface area contributed by atoms with Crippen molar-refractivity contribution in [1.29, 1.82) is 0 Å². The molecule has 1 rings (SSSR count). The van der Waals surface area contributed by atoms with Gasteiger partial charge < -0.3 is 4.74 Å². The van der Waals surface area contributed by atoms with Gasteiger partial charge >= 0.3 is 11.9 Å². The third-order valence-electron chi connectivity index (χ3n) is 2.31. The minimum absolute atomic E-state index is 0.336. The van der Waals surface area contributed by atoms with Gasteiger partial charge in [-0.25, -0.2) is 4.79 Å². The Morgan fingerprint density at radius 2 is 1.87 bits per heavy atom. The van der Waals surface area contributed by atoms with Crippen LogP contribution in [0.2, 0.25) is 0 Å². The van der Waals surface area contributed by atoms with Crippen LogP contribution < -0.4 is 0 Å². The molecule has 0 aliphatic rings. The number of hydrogen-bond acceptors (Lipinski definition) is 2. The fourth-order valence-corrected chi connectivity index (χ4v) is 1.18. The Kier molecular flexibility index (Phi) is 3.07. The van der Waals surface area contributed by atoms with E-state index in [-0.39, 0.29) is 5.56 Å². The van der Waals surface area contributed by atoms with Crippen molar-refractivity contribution in [3.8, 4) is 0 Å². The summed E-state index contributed by atoms with van der Waals surface area (Å²) in [6, 6.07) is 4.09. The van der Waals surface area contributed by atoms with Gasteiger partial charge in [0.05, 0.1) is 7.11 Å². The molecule has 2 nitrogen and oxygen atoms in total. The highest BCUT2D eigenvalue weighted by atomic mass is 19.3. The van der Waals surface area contributed by atoms with Crippen molar-refractivity contribution in [2.45, 2.75) is 19.8 Å². The second-order valence-electron chi connectivity index (χ2n) is 3.37. The van der Waals surface area contributed by atoms with E-state index in [9.17, 15) is 13.6 Å². The molecule has 0 fully saturated rings. The lowest BCUT2D eigenvalue weighted by molar-refractivity contribution is -0.170. The van der Waals surface area contributed by atoms with E-state index in [0.29, 0.717) is 0 Å². The standard InChI is InChI=1S/C11H12F2O2/c1-7-4-5-9(6-8(7)2)11(12,13)10(14)15-3/h4-6H,1-3H3. The summed E-state index contributed by atoms with van der Waals surface area (Å²) in [5, 5.41) is 0. The molecule has 0 radical (unpaired) electrons. The zero-order valence-electron chi connectivity index (χ0n) is 8.80. The molecule has 0 atom stereocenters. The summed E-state index contributed by atoms with van der Waals surface area (Å²) < 4.78 is 30.8. The average Bonchev–Trinajstić information content (AvgIpc) is 2.20. The summed E-state index contributed by atoms with van der Waals surface area (Å²) in [7, 11) is 0.942. The normalized spacial score (nSPS) is 11.3. The van der Waals surface area contributed by atoms with Crippen LogP contribution in [0.1, 0.15) is 16.7 Å². The molecule has 0 amide bonds. The fraction of sp³-hybridized carbons (Fsp3) is 0.364. The van der Waals surface area contributed by atoms with Crippen LogP contribution in [0.3, 0.4) is 0 Å². The SMILES string of the molecule is COC(=O)C(F)(F)c1ccc(C)c(C)c1. The molecule has 0 bridgehead atoms. The highest BCUT2D eigenvalue weighted by Gasteiger charge is 2.42. The predicted octanol–water partition coefficient (Wildman–Crippen LogP) is 2.57. The Morgan fingerprint density at radius 1 is 1.27 bits per heavy atom. The molecule has 0 aliphatic heterocycles. The lowest BCUT2D eigenvalue weighted by Crippen LogP contribution is -2.27. The first-order valence-corrected chi connectivity index (χ1v) is 4.43.